The lowest BCUT2D eigenvalue weighted by molar-refractivity contribution is 0.153. The maximum Gasteiger partial charge on any atom is 0.268 e. The lowest BCUT2D eigenvalue weighted by atomic mass is 10.1. The summed E-state index contributed by atoms with van der Waals surface area (Å²) in [5, 5.41) is 3.90. The highest BCUT2D eigenvalue weighted by Crippen LogP contribution is 2.40. The summed E-state index contributed by atoms with van der Waals surface area (Å²) in [5.74, 6) is 0. The standard InChI is InChI=1S/C19H17Cl2F2N3O2S/c20-12-2-1-3-14(8-12)29(27,28)26-11-15(19(22)23)18-16(9-13(21)10-17(18)26)25-6-4-24-5-7-25/h1-3,8-11,19,24H,4-7H2. The fourth-order valence-corrected chi connectivity index (χ4v) is 5.44. The van der Waals surface area contributed by atoms with Crippen LogP contribution in [0.4, 0.5) is 14.5 Å². The average molecular weight is 460 g/mol. The summed E-state index contributed by atoms with van der Waals surface area (Å²) in [6, 6.07) is 8.70. The van der Waals surface area contributed by atoms with Crippen LogP contribution in [-0.4, -0.2) is 38.6 Å². The molecule has 29 heavy (non-hydrogen) atoms. The van der Waals surface area contributed by atoms with Crippen molar-refractivity contribution in [2.75, 3.05) is 31.1 Å². The van der Waals surface area contributed by atoms with Crippen LogP contribution in [0, 0.1) is 0 Å². The van der Waals surface area contributed by atoms with E-state index < -0.39 is 16.4 Å². The zero-order valence-corrected chi connectivity index (χ0v) is 17.4. The normalized spacial score (nSPS) is 15.4. The van der Waals surface area contributed by atoms with Crippen molar-refractivity contribution < 1.29 is 17.2 Å². The number of piperazine rings is 1. The van der Waals surface area contributed by atoms with Crippen molar-refractivity contribution in [3.8, 4) is 0 Å². The lowest BCUT2D eigenvalue weighted by Gasteiger charge is -2.30. The topological polar surface area (TPSA) is 54.3 Å². The minimum Gasteiger partial charge on any atom is -0.368 e. The van der Waals surface area contributed by atoms with Crippen molar-refractivity contribution >= 4 is 49.8 Å². The summed E-state index contributed by atoms with van der Waals surface area (Å²) < 4.78 is 55.2. The molecule has 3 aromatic rings. The molecule has 1 fully saturated rings. The third kappa shape index (κ3) is 3.70. The molecule has 0 aliphatic carbocycles. The van der Waals surface area contributed by atoms with Crippen molar-refractivity contribution in [3.63, 3.8) is 0 Å². The van der Waals surface area contributed by atoms with Gasteiger partial charge in [0.15, 0.2) is 0 Å². The molecule has 2 aromatic carbocycles. The minimum absolute atomic E-state index is 0.0913. The molecule has 0 amide bonds. The first kappa shape index (κ1) is 20.4. The van der Waals surface area contributed by atoms with E-state index in [2.05, 4.69) is 5.32 Å². The maximum absolute atomic E-state index is 13.9. The van der Waals surface area contributed by atoms with Crippen LogP contribution in [0.15, 0.2) is 47.5 Å². The zero-order valence-electron chi connectivity index (χ0n) is 15.1. The Balaban J connectivity index is 2.00. The van der Waals surface area contributed by atoms with Crippen LogP contribution in [0.3, 0.4) is 0 Å². The molecule has 0 unspecified atom stereocenters. The number of hydrogen-bond acceptors (Lipinski definition) is 4. The number of alkyl halides is 2. The molecule has 4 rings (SSSR count). The molecule has 5 nitrogen and oxygen atoms in total. The smallest absolute Gasteiger partial charge is 0.268 e. The Labute approximate surface area is 176 Å². The number of halogens is 4. The van der Waals surface area contributed by atoms with Gasteiger partial charge in [0.2, 0.25) is 0 Å². The number of rotatable bonds is 4. The highest BCUT2D eigenvalue weighted by Gasteiger charge is 2.28. The van der Waals surface area contributed by atoms with Gasteiger partial charge in [-0.15, -0.1) is 0 Å². The molecule has 0 saturated carbocycles. The third-order valence-corrected chi connectivity index (χ3v) is 7.01. The largest absolute Gasteiger partial charge is 0.368 e. The van der Waals surface area contributed by atoms with Crippen LogP contribution < -0.4 is 10.2 Å². The molecule has 2 heterocycles. The predicted molar refractivity (Wildman–Crippen MR) is 111 cm³/mol. The van der Waals surface area contributed by atoms with Crippen LogP contribution in [0.1, 0.15) is 12.0 Å². The molecule has 0 radical (unpaired) electrons. The molecule has 1 saturated heterocycles. The van der Waals surface area contributed by atoms with Crippen LogP contribution >= 0.6 is 23.2 Å². The van der Waals surface area contributed by atoms with E-state index in [0.29, 0.717) is 31.9 Å². The minimum atomic E-state index is -4.16. The monoisotopic (exact) mass is 459 g/mol. The third-order valence-electron chi connectivity index (χ3n) is 4.89. The SMILES string of the molecule is O=S(=O)(c1cccc(Cl)c1)n1cc(C(F)F)c2c(N3CCNCC3)cc(Cl)cc21. The van der Waals surface area contributed by atoms with Gasteiger partial charge in [-0.25, -0.2) is 21.2 Å². The van der Waals surface area contributed by atoms with Gasteiger partial charge in [0, 0.05) is 59.1 Å². The number of nitrogens with one attached hydrogen (secondary N) is 1. The number of nitrogens with zero attached hydrogens (tertiary/aromatic N) is 2. The van der Waals surface area contributed by atoms with Crippen molar-refractivity contribution in [1.82, 2.24) is 9.29 Å². The molecular weight excluding hydrogens is 443 g/mol. The number of aromatic nitrogens is 1. The number of anilines is 1. The Bertz CT molecular complexity index is 1180. The van der Waals surface area contributed by atoms with Crippen molar-refractivity contribution in [3.05, 3.63) is 58.2 Å². The zero-order chi connectivity index (χ0) is 20.8. The van der Waals surface area contributed by atoms with E-state index in [1.807, 2.05) is 4.90 Å². The highest BCUT2D eigenvalue weighted by molar-refractivity contribution is 7.90. The van der Waals surface area contributed by atoms with E-state index in [1.54, 1.807) is 6.07 Å². The number of hydrogen-bond donors (Lipinski definition) is 1. The fourth-order valence-electron chi connectivity index (χ4n) is 3.57. The molecule has 154 valence electrons. The Hall–Kier alpha value is -1.87. The molecule has 0 atom stereocenters. The van der Waals surface area contributed by atoms with E-state index in [9.17, 15) is 17.2 Å². The molecule has 1 N–H and O–H groups in total. The van der Waals surface area contributed by atoms with Crippen molar-refractivity contribution in [2.45, 2.75) is 11.3 Å². The van der Waals surface area contributed by atoms with Gasteiger partial charge in [0.25, 0.3) is 16.4 Å². The van der Waals surface area contributed by atoms with Crippen LogP contribution in [-0.2, 0) is 10.0 Å². The Morgan fingerprint density at radius 3 is 2.41 bits per heavy atom. The first-order chi connectivity index (χ1) is 13.8. The first-order valence-electron chi connectivity index (χ1n) is 8.88. The van der Waals surface area contributed by atoms with E-state index >= 15 is 0 Å². The lowest BCUT2D eigenvalue weighted by Crippen LogP contribution is -2.43. The highest BCUT2D eigenvalue weighted by atomic mass is 35.5. The summed E-state index contributed by atoms with van der Waals surface area (Å²) >= 11 is 12.2. The van der Waals surface area contributed by atoms with Crippen molar-refractivity contribution in [2.24, 2.45) is 0 Å². The second kappa shape index (κ2) is 7.75. The molecular formula is C19H17Cl2F2N3O2S. The quantitative estimate of drug-likeness (QED) is 0.622. The number of benzene rings is 2. The summed E-state index contributed by atoms with van der Waals surface area (Å²) in [5.41, 5.74) is 0.265. The Morgan fingerprint density at radius 2 is 1.76 bits per heavy atom. The van der Waals surface area contributed by atoms with Gasteiger partial charge >= 0.3 is 0 Å². The van der Waals surface area contributed by atoms with E-state index in [0.717, 1.165) is 10.2 Å². The maximum atomic E-state index is 13.9. The second-order valence-electron chi connectivity index (χ2n) is 6.70. The van der Waals surface area contributed by atoms with E-state index in [1.165, 1.54) is 30.3 Å². The fraction of sp³-hybridized carbons (Fsp3) is 0.263. The molecule has 1 aromatic heterocycles. The summed E-state index contributed by atoms with van der Waals surface area (Å²) in [6.07, 6.45) is -1.87. The molecule has 1 aliphatic rings. The van der Waals surface area contributed by atoms with Crippen LogP contribution in [0.5, 0.6) is 0 Å². The summed E-state index contributed by atoms with van der Waals surface area (Å²) in [4.78, 5) is 1.85. The van der Waals surface area contributed by atoms with E-state index in [-0.39, 0.29) is 31.4 Å². The number of fused-ring (bicyclic) bond motifs is 1. The van der Waals surface area contributed by atoms with Gasteiger partial charge in [0.05, 0.1) is 10.4 Å². The molecule has 0 bridgehead atoms. The van der Waals surface area contributed by atoms with Crippen LogP contribution in [0.2, 0.25) is 10.0 Å². The van der Waals surface area contributed by atoms with Gasteiger partial charge < -0.3 is 10.2 Å². The van der Waals surface area contributed by atoms with Crippen molar-refractivity contribution in [1.29, 1.82) is 0 Å². The van der Waals surface area contributed by atoms with Crippen LogP contribution in [0.25, 0.3) is 10.9 Å². The van der Waals surface area contributed by atoms with Gasteiger partial charge in [-0.3, -0.25) is 0 Å². The summed E-state index contributed by atoms with van der Waals surface area (Å²) in [6.45, 7) is 2.59. The Morgan fingerprint density at radius 1 is 1.03 bits per heavy atom. The van der Waals surface area contributed by atoms with Gasteiger partial charge in [-0.05, 0) is 30.3 Å². The molecule has 10 heteroatoms. The second-order valence-corrected chi connectivity index (χ2v) is 9.39. The first-order valence-corrected chi connectivity index (χ1v) is 11.1. The molecule has 0 spiro atoms. The van der Waals surface area contributed by atoms with E-state index in [4.69, 9.17) is 23.2 Å². The van der Waals surface area contributed by atoms with Gasteiger partial charge in [0.1, 0.15) is 0 Å². The Kier molecular flexibility index (Phi) is 5.46. The van der Waals surface area contributed by atoms with Gasteiger partial charge in [-0.2, -0.15) is 0 Å². The average Bonchev–Trinajstić information content (AvgIpc) is 3.08. The predicted octanol–water partition coefficient (Wildman–Crippen LogP) is 4.53. The molecule has 1 aliphatic heterocycles. The summed E-state index contributed by atoms with van der Waals surface area (Å²) in [7, 11) is -4.16. The van der Waals surface area contributed by atoms with Gasteiger partial charge in [-0.1, -0.05) is 29.3 Å².